The maximum absolute atomic E-state index is 13.1. The van der Waals surface area contributed by atoms with Gasteiger partial charge in [-0.05, 0) is 31.0 Å². The molecule has 0 radical (unpaired) electrons. The molecule has 2 rings (SSSR count). The summed E-state index contributed by atoms with van der Waals surface area (Å²) < 4.78 is 38.0. The zero-order chi connectivity index (χ0) is 32.5. The summed E-state index contributed by atoms with van der Waals surface area (Å²) in [6.07, 6.45) is 0.490. The van der Waals surface area contributed by atoms with E-state index in [1.165, 1.54) is 0 Å². The molecule has 0 spiro atoms. The normalized spacial score (nSPS) is 14.8. The molecule has 1 aromatic rings. The number of ether oxygens (including phenoxy) is 7. The summed E-state index contributed by atoms with van der Waals surface area (Å²) in [5, 5.41) is 5.39. The number of carbonyl (C=O) groups excluding carboxylic acids is 4. The van der Waals surface area contributed by atoms with Crippen molar-refractivity contribution in [3.8, 4) is 0 Å². The lowest BCUT2D eigenvalue weighted by Crippen LogP contribution is -2.53. The molecule has 254 valence electrons. The second-order valence-electron chi connectivity index (χ2n) is 9.76. The molecule has 1 heterocycles. The fraction of sp³-hybridized carbons (Fsp3) is 0.667. The molecule has 1 aliphatic rings. The van der Waals surface area contributed by atoms with Crippen molar-refractivity contribution in [3.63, 3.8) is 0 Å². The first-order chi connectivity index (χ1) is 22.0. The van der Waals surface area contributed by atoms with Crippen molar-refractivity contribution in [3.05, 3.63) is 29.3 Å². The molecule has 0 aromatic heterocycles. The molecule has 1 atom stereocenters. The van der Waals surface area contributed by atoms with Crippen molar-refractivity contribution in [2.45, 2.75) is 25.8 Å². The number of rotatable bonds is 27. The zero-order valence-electron chi connectivity index (χ0n) is 26.1. The van der Waals surface area contributed by atoms with Gasteiger partial charge in [-0.15, -0.1) is 0 Å². The summed E-state index contributed by atoms with van der Waals surface area (Å²) in [5.41, 5.74) is 6.94. The average molecular weight is 641 g/mol. The molecule has 0 saturated carbocycles. The van der Waals surface area contributed by atoms with E-state index in [2.05, 4.69) is 10.6 Å². The maximum Gasteiger partial charge on any atom is 0.261 e. The van der Waals surface area contributed by atoms with Gasteiger partial charge >= 0.3 is 0 Å². The van der Waals surface area contributed by atoms with Crippen LogP contribution in [-0.2, 0) is 47.5 Å². The molecular formula is C30H48N4O11. The summed E-state index contributed by atoms with van der Waals surface area (Å²) >= 11 is 0. The van der Waals surface area contributed by atoms with Crippen LogP contribution in [0, 0.1) is 6.92 Å². The van der Waals surface area contributed by atoms with E-state index in [1.54, 1.807) is 19.1 Å². The number of carbonyl (C=O) groups is 4. The number of hydrogen-bond donors (Lipinski definition) is 3. The van der Waals surface area contributed by atoms with Crippen LogP contribution >= 0.6 is 0 Å². The van der Waals surface area contributed by atoms with E-state index in [1.807, 2.05) is 6.07 Å². The van der Waals surface area contributed by atoms with Gasteiger partial charge in [-0.3, -0.25) is 29.4 Å². The van der Waals surface area contributed by atoms with Gasteiger partial charge in [0.05, 0.1) is 92.5 Å². The lowest BCUT2D eigenvalue weighted by molar-refractivity contribution is -0.139. The number of benzene rings is 1. The summed E-state index contributed by atoms with van der Waals surface area (Å²) in [4.78, 5) is 49.2. The first-order valence-corrected chi connectivity index (χ1v) is 15.2. The highest BCUT2D eigenvalue weighted by molar-refractivity contribution is 6.08. The summed E-state index contributed by atoms with van der Waals surface area (Å²) in [5.74, 6) is -1.68. The smallest absolute Gasteiger partial charge is 0.261 e. The van der Waals surface area contributed by atoms with E-state index >= 15 is 0 Å². The van der Waals surface area contributed by atoms with Crippen molar-refractivity contribution < 1.29 is 52.3 Å². The van der Waals surface area contributed by atoms with E-state index in [0.29, 0.717) is 123 Å². The molecule has 15 nitrogen and oxygen atoms in total. The maximum atomic E-state index is 13.1. The van der Waals surface area contributed by atoms with Gasteiger partial charge in [0, 0.05) is 30.8 Å². The van der Waals surface area contributed by atoms with Crippen LogP contribution < -0.4 is 16.4 Å². The Labute approximate surface area is 264 Å². The highest BCUT2D eigenvalue weighted by atomic mass is 16.6. The highest BCUT2D eigenvalue weighted by Crippen LogP contribution is 2.22. The molecule has 4 N–H and O–H groups in total. The second-order valence-corrected chi connectivity index (χ2v) is 9.76. The minimum Gasteiger partial charge on any atom is -0.382 e. The number of imide groups is 2. The van der Waals surface area contributed by atoms with Gasteiger partial charge < -0.3 is 44.2 Å². The van der Waals surface area contributed by atoms with Crippen molar-refractivity contribution >= 4 is 29.8 Å². The van der Waals surface area contributed by atoms with Crippen LogP contribution in [0.4, 0.5) is 5.69 Å². The molecule has 0 bridgehead atoms. The topological polar surface area (TPSA) is 186 Å². The number of amides is 4. The van der Waals surface area contributed by atoms with Crippen LogP contribution in [0.15, 0.2) is 18.2 Å². The molecule has 15 heteroatoms. The Bertz CT molecular complexity index is 1010. The Morgan fingerprint density at radius 2 is 1.33 bits per heavy atom. The minimum absolute atomic E-state index is 0.0615. The van der Waals surface area contributed by atoms with E-state index in [9.17, 15) is 19.2 Å². The van der Waals surface area contributed by atoms with Gasteiger partial charge in [0.25, 0.3) is 5.91 Å². The Kier molecular flexibility index (Phi) is 20.6. The number of nitrogens with zero attached hydrogens (tertiary/aromatic N) is 1. The average Bonchev–Trinajstić information content (AvgIpc) is 3.03. The molecule has 1 aliphatic heterocycles. The first-order valence-electron chi connectivity index (χ1n) is 15.2. The lowest BCUT2D eigenvalue weighted by Gasteiger charge is -2.29. The van der Waals surface area contributed by atoms with E-state index < -0.39 is 23.8 Å². The van der Waals surface area contributed by atoms with Crippen LogP contribution in [-0.4, -0.2) is 141 Å². The van der Waals surface area contributed by atoms with E-state index in [-0.39, 0.29) is 18.4 Å². The van der Waals surface area contributed by atoms with Gasteiger partial charge in [-0.1, -0.05) is 6.07 Å². The zero-order valence-corrected chi connectivity index (χ0v) is 26.1. The molecular weight excluding hydrogens is 592 g/mol. The largest absolute Gasteiger partial charge is 0.382 e. The van der Waals surface area contributed by atoms with E-state index in [4.69, 9.17) is 38.9 Å². The summed E-state index contributed by atoms with van der Waals surface area (Å²) in [6, 6.07) is 4.07. The van der Waals surface area contributed by atoms with Gasteiger partial charge in [0.2, 0.25) is 18.2 Å². The SMILES string of the molecule is Cc1c(NCCOCCOCCOCCOCCOCCOCCOCCN)cccc1C(=O)N(C=O)C1CCC(=O)NC1=O. The number of nitrogens with one attached hydrogen (secondary N) is 2. The van der Waals surface area contributed by atoms with Crippen LogP contribution in [0.5, 0.6) is 0 Å². The second kappa shape index (κ2) is 24.2. The quantitative estimate of drug-likeness (QED) is 0.0657. The lowest BCUT2D eigenvalue weighted by atomic mass is 10.0. The third-order valence-corrected chi connectivity index (χ3v) is 6.51. The molecule has 1 unspecified atom stereocenters. The number of anilines is 1. The Balaban J connectivity index is 1.45. The van der Waals surface area contributed by atoms with Crippen molar-refractivity contribution in [1.82, 2.24) is 10.2 Å². The molecule has 1 saturated heterocycles. The molecule has 1 fully saturated rings. The number of nitrogens with two attached hydrogens (primary N) is 1. The molecule has 0 aliphatic carbocycles. The van der Waals surface area contributed by atoms with Crippen molar-refractivity contribution in [1.29, 1.82) is 0 Å². The highest BCUT2D eigenvalue weighted by Gasteiger charge is 2.35. The predicted molar refractivity (Wildman–Crippen MR) is 163 cm³/mol. The fourth-order valence-electron chi connectivity index (χ4n) is 4.17. The van der Waals surface area contributed by atoms with Gasteiger partial charge in [0.15, 0.2) is 0 Å². The molecule has 1 aromatic carbocycles. The van der Waals surface area contributed by atoms with Crippen LogP contribution in [0.3, 0.4) is 0 Å². The molecule has 4 amide bonds. The van der Waals surface area contributed by atoms with Crippen LogP contribution in [0.2, 0.25) is 0 Å². The third kappa shape index (κ3) is 15.7. The van der Waals surface area contributed by atoms with Crippen molar-refractivity contribution in [2.75, 3.05) is 111 Å². The first kappa shape index (κ1) is 38.2. The Morgan fingerprint density at radius 3 is 1.80 bits per heavy atom. The van der Waals surface area contributed by atoms with Gasteiger partial charge in [-0.2, -0.15) is 0 Å². The predicted octanol–water partition coefficient (Wildman–Crippen LogP) is -0.114. The third-order valence-electron chi connectivity index (χ3n) is 6.51. The van der Waals surface area contributed by atoms with E-state index in [0.717, 1.165) is 4.90 Å². The Hall–Kier alpha value is -3.02. The number of hydrogen-bond acceptors (Lipinski definition) is 13. The molecule has 45 heavy (non-hydrogen) atoms. The minimum atomic E-state index is -1.02. The summed E-state index contributed by atoms with van der Waals surface area (Å²) in [6.45, 7) is 9.40. The standard InChI is InChI=1S/C30H48N4O11/c1-24-25(30(38)34(23-35)27-5-6-28(36)33-29(27)37)3-2-4-26(24)32-8-10-40-12-14-42-16-18-44-20-22-45-21-19-43-17-15-41-13-11-39-9-7-31/h2-4,23,27,32H,5-22,31H2,1H3,(H,33,36,37). The number of piperidine rings is 1. The van der Waals surface area contributed by atoms with Gasteiger partial charge in [-0.25, -0.2) is 0 Å². The van der Waals surface area contributed by atoms with Crippen LogP contribution in [0.25, 0.3) is 0 Å². The van der Waals surface area contributed by atoms with Gasteiger partial charge in [0.1, 0.15) is 6.04 Å². The van der Waals surface area contributed by atoms with Crippen LogP contribution in [0.1, 0.15) is 28.8 Å². The van der Waals surface area contributed by atoms with Crippen molar-refractivity contribution in [2.24, 2.45) is 5.73 Å². The monoisotopic (exact) mass is 640 g/mol. The Morgan fingerprint density at radius 1 is 0.844 bits per heavy atom. The summed E-state index contributed by atoms with van der Waals surface area (Å²) in [7, 11) is 0. The fourth-order valence-corrected chi connectivity index (χ4v) is 4.17.